The summed E-state index contributed by atoms with van der Waals surface area (Å²) in [6, 6.07) is 15.5. The average Bonchev–Trinajstić information content (AvgIpc) is 3.24. The van der Waals surface area contributed by atoms with Gasteiger partial charge in [-0.1, -0.05) is 31.2 Å². The molecule has 28 heavy (non-hydrogen) atoms. The number of para-hydroxylation sites is 4. The Labute approximate surface area is 162 Å². The van der Waals surface area contributed by atoms with Crippen LogP contribution in [0.2, 0.25) is 0 Å². The predicted octanol–water partition coefficient (Wildman–Crippen LogP) is 2.80. The van der Waals surface area contributed by atoms with E-state index in [0.717, 1.165) is 28.5 Å². The molecule has 0 radical (unpaired) electrons. The van der Waals surface area contributed by atoms with Gasteiger partial charge in [0, 0.05) is 19.5 Å². The molecular weight excluding hydrogens is 354 g/mol. The molecule has 0 bridgehead atoms. The highest BCUT2D eigenvalue weighted by Crippen LogP contribution is 2.14. The Morgan fingerprint density at radius 3 is 2.43 bits per heavy atom. The number of amides is 1. The van der Waals surface area contributed by atoms with E-state index in [9.17, 15) is 9.59 Å². The molecule has 0 atom stereocenters. The first-order chi connectivity index (χ1) is 13.7. The molecule has 0 spiro atoms. The van der Waals surface area contributed by atoms with Crippen molar-refractivity contribution < 1.29 is 4.79 Å². The number of nitrogens with one attached hydrogen (secondary N) is 2. The van der Waals surface area contributed by atoms with Gasteiger partial charge in [0.2, 0.25) is 5.91 Å². The summed E-state index contributed by atoms with van der Waals surface area (Å²) in [7, 11) is 0. The standard InChI is InChI=1S/C21H23N5O2/c1-2-12-25-17-9-5-6-10-18(17)26(21(25)28)13-11-20(27)22-14-19-23-15-7-3-4-8-16(15)24-19/h3-10H,2,11-14H2,1H3,(H,22,27)(H,23,24). The molecule has 0 aliphatic carbocycles. The van der Waals surface area contributed by atoms with Crippen molar-refractivity contribution >= 4 is 28.0 Å². The lowest BCUT2D eigenvalue weighted by Crippen LogP contribution is -2.28. The van der Waals surface area contributed by atoms with E-state index in [1.807, 2.05) is 55.5 Å². The van der Waals surface area contributed by atoms with E-state index in [1.54, 1.807) is 9.13 Å². The van der Waals surface area contributed by atoms with Crippen molar-refractivity contribution in [2.24, 2.45) is 0 Å². The topological polar surface area (TPSA) is 84.7 Å². The van der Waals surface area contributed by atoms with E-state index in [0.29, 0.717) is 25.5 Å². The van der Waals surface area contributed by atoms with Crippen LogP contribution in [0.5, 0.6) is 0 Å². The summed E-state index contributed by atoms with van der Waals surface area (Å²) in [6.45, 7) is 3.40. The van der Waals surface area contributed by atoms with E-state index in [-0.39, 0.29) is 18.0 Å². The number of aryl methyl sites for hydroxylation is 2. The molecule has 7 heteroatoms. The minimum atomic E-state index is -0.111. The fourth-order valence-corrected chi connectivity index (χ4v) is 3.50. The molecule has 2 heterocycles. The number of aromatic amines is 1. The van der Waals surface area contributed by atoms with Crippen molar-refractivity contribution in [2.75, 3.05) is 0 Å². The summed E-state index contributed by atoms with van der Waals surface area (Å²) < 4.78 is 3.47. The molecule has 0 fully saturated rings. The Kier molecular flexibility index (Phi) is 4.97. The van der Waals surface area contributed by atoms with Crippen LogP contribution in [0.4, 0.5) is 0 Å². The van der Waals surface area contributed by atoms with Gasteiger partial charge in [0.05, 0.1) is 28.6 Å². The maximum atomic E-state index is 12.7. The van der Waals surface area contributed by atoms with Gasteiger partial charge in [-0.15, -0.1) is 0 Å². The van der Waals surface area contributed by atoms with Gasteiger partial charge in [0.15, 0.2) is 0 Å². The van der Waals surface area contributed by atoms with Gasteiger partial charge in [-0.3, -0.25) is 13.9 Å². The first-order valence-corrected chi connectivity index (χ1v) is 9.55. The van der Waals surface area contributed by atoms with Gasteiger partial charge in [-0.2, -0.15) is 0 Å². The summed E-state index contributed by atoms with van der Waals surface area (Å²) in [5, 5.41) is 2.87. The Morgan fingerprint density at radius 2 is 1.71 bits per heavy atom. The lowest BCUT2D eigenvalue weighted by Gasteiger charge is -2.05. The predicted molar refractivity (Wildman–Crippen MR) is 109 cm³/mol. The van der Waals surface area contributed by atoms with E-state index < -0.39 is 0 Å². The summed E-state index contributed by atoms with van der Waals surface area (Å²) in [5.74, 6) is 0.603. The molecule has 2 N–H and O–H groups in total. The highest BCUT2D eigenvalue weighted by atomic mass is 16.2. The molecule has 0 aliphatic rings. The second kappa shape index (κ2) is 7.72. The van der Waals surface area contributed by atoms with Crippen LogP contribution in [0, 0.1) is 0 Å². The Bertz CT molecular complexity index is 1150. The molecule has 1 amide bonds. The van der Waals surface area contributed by atoms with Crippen LogP contribution in [0.15, 0.2) is 53.3 Å². The van der Waals surface area contributed by atoms with Crippen LogP contribution in [-0.4, -0.2) is 25.0 Å². The number of hydrogen-bond acceptors (Lipinski definition) is 3. The summed E-state index contributed by atoms with van der Waals surface area (Å²) in [6.07, 6.45) is 1.12. The lowest BCUT2D eigenvalue weighted by atomic mass is 10.3. The van der Waals surface area contributed by atoms with Crippen LogP contribution < -0.4 is 11.0 Å². The molecule has 4 aromatic rings. The zero-order valence-electron chi connectivity index (χ0n) is 15.8. The lowest BCUT2D eigenvalue weighted by molar-refractivity contribution is -0.121. The van der Waals surface area contributed by atoms with Gasteiger partial charge in [-0.05, 0) is 30.7 Å². The minimum absolute atomic E-state index is 0.0619. The number of carbonyl (C=O) groups excluding carboxylic acids is 1. The van der Waals surface area contributed by atoms with E-state index in [2.05, 4.69) is 15.3 Å². The SMILES string of the molecule is CCCn1c(=O)n(CCC(=O)NCc2nc3ccccc3[nH]2)c2ccccc21. The zero-order chi connectivity index (χ0) is 19.5. The van der Waals surface area contributed by atoms with Crippen molar-refractivity contribution in [3.8, 4) is 0 Å². The molecule has 4 rings (SSSR count). The third-order valence-electron chi connectivity index (χ3n) is 4.83. The molecule has 0 unspecified atom stereocenters. The number of H-pyrrole nitrogens is 1. The summed E-state index contributed by atoms with van der Waals surface area (Å²) >= 11 is 0. The van der Waals surface area contributed by atoms with E-state index >= 15 is 0 Å². The summed E-state index contributed by atoms with van der Waals surface area (Å²) in [5.41, 5.74) is 3.54. The van der Waals surface area contributed by atoms with Crippen molar-refractivity contribution in [3.63, 3.8) is 0 Å². The van der Waals surface area contributed by atoms with Crippen LogP contribution in [0.3, 0.4) is 0 Å². The molecule has 2 aromatic carbocycles. The quantitative estimate of drug-likeness (QED) is 0.519. The average molecular weight is 377 g/mol. The number of nitrogens with zero attached hydrogens (tertiary/aromatic N) is 3. The minimum Gasteiger partial charge on any atom is -0.349 e. The van der Waals surface area contributed by atoms with Gasteiger partial charge in [0.25, 0.3) is 0 Å². The normalized spacial score (nSPS) is 11.3. The van der Waals surface area contributed by atoms with Crippen LogP contribution in [-0.2, 0) is 24.4 Å². The molecular formula is C21H23N5O2. The molecule has 7 nitrogen and oxygen atoms in total. The van der Waals surface area contributed by atoms with Crippen molar-refractivity contribution in [1.29, 1.82) is 0 Å². The highest BCUT2D eigenvalue weighted by Gasteiger charge is 2.13. The van der Waals surface area contributed by atoms with Crippen LogP contribution in [0.1, 0.15) is 25.6 Å². The number of hydrogen-bond donors (Lipinski definition) is 2. The first-order valence-electron chi connectivity index (χ1n) is 9.55. The number of rotatable bonds is 7. The first kappa shape index (κ1) is 18.0. The largest absolute Gasteiger partial charge is 0.349 e. The Hall–Kier alpha value is -3.35. The molecule has 0 aliphatic heterocycles. The number of aromatic nitrogens is 4. The van der Waals surface area contributed by atoms with Gasteiger partial charge in [0.1, 0.15) is 5.82 Å². The van der Waals surface area contributed by atoms with E-state index in [1.165, 1.54) is 0 Å². The fourth-order valence-electron chi connectivity index (χ4n) is 3.50. The number of carbonyl (C=O) groups is 1. The maximum Gasteiger partial charge on any atom is 0.329 e. The molecule has 144 valence electrons. The third-order valence-corrected chi connectivity index (χ3v) is 4.83. The third kappa shape index (κ3) is 3.43. The Morgan fingerprint density at radius 1 is 1.04 bits per heavy atom. The molecule has 0 saturated carbocycles. The number of fused-ring (bicyclic) bond motifs is 2. The van der Waals surface area contributed by atoms with Crippen molar-refractivity contribution in [1.82, 2.24) is 24.4 Å². The monoisotopic (exact) mass is 377 g/mol. The number of benzene rings is 2. The smallest absolute Gasteiger partial charge is 0.329 e. The molecule has 0 saturated heterocycles. The molecule has 2 aromatic heterocycles. The number of imidazole rings is 2. The van der Waals surface area contributed by atoms with E-state index in [4.69, 9.17) is 0 Å². The van der Waals surface area contributed by atoms with Gasteiger partial charge in [-0.25, -0.2) is 9.78 Å². The van der Waals surface area contributed by atoms with Crippen molar-refractivity contribution in [3.05, 3.63) is 64.8 Å². The second-order valence-corrected chi connectivity index (χ2v) is 6.80. The van der Waals surface area contributed by atoms with Gasteiger partial charge < -0.3 is 10.3 Å². The maximum absolute atomic E-state index is 12.7. The zero-order valence-corrected chi connectivity index (χ0v) is 15.8. The Balaban J connectivity index is 1.43. The highest BCUT2D eigenvalue weighted by molar-refractivity contribution is 5.78. The fraction of sp³-hybridized carbons (Fsp3) is 0.286. The second-order valence-electron chi connectivity index (χ2n) is 6.80. The summed E-state index contributed by atoms with van der Waals surface area (Å²) in [4.78, 5) is 32.7. The van der Waals surface area contributed by atoms with Crippen LogP contribution >= 0.6 is 0 Å². The van der Waals surface area contributed by atoms with Crippen molar-refractivity contribution in [2.45, 2.75) is 39.4 Å². The van der Waals surface area contributed by atoms with Crippen LogP contribution in [0.25, 0.3) is 22.1 Å². The van der Waals surface area contributed by atoms with Gasteiger partial charge >= 0.3 is 5.69 Å².